The van der Waals surface area contributed by atoms with E-state index in [1.807, 2.05) is 0 Å². The summed E-state index contributed by atoms with van der Waals surface area (Å²) in [5.41, 5.74) is 20.8. The Morgan fingerprint density at radius 2 is 0.909 bits per heavy atom. The number of unbranched alkanes of at least 4 members (excludes halogenated alkanes) is 1. The molecule has 0 aliphatic carbocycles. The molecule has 0 rings (SSSR count). The summed E-state index contributed by atoms with van der Waals surface area (Å²) in [6.45, 7) is 4.05. The van der Waals surface area contributed by atoms with Crippen LogP contribution in [-0.2, 0) is 9.47 Å². The molecular formula is C12H30Cl2N6O2. The number of guanidine groups is 2. The molecule has 22 heavy (non-hydrogen) atoms. The van der Waals surface area contributed by atoms with Crippen LogP contribution >= 0.6 is 24.8 Å². The van der Waals surface area contributed by atoms with Crippen molar-refractivity contribution in [1.29, 1.82) is 0 Å². The monoisotopic (exact) mass is 360 g/mol. The van der Waals surface area contributed by atoms with E-state index < -0.39 is 0 Å². The van der Waals surface area contributed by atoms with Gasteiger partial charge in [0.2, 0.25) is 0 Å². The Balaban J connectivity index is -0.00000180. The zero-order valence-electron chi connectivity index (χ0n) is 12.9. The van der Waals surface area contributed by atoms with Gasteiger partial charge in [-0.3, -0.25) is 9.98 Å². The molecule has 0 heterocycles. The second-order valence-corrected chi connectivity index (χ2v) is 4.25. The smallest absolute Gasteiger partial charge is 0.185 e. The van der Waals surface area contributed by atoms with Gasteiger partial charge in [-0.05, 0) is 25.7 Å². The zero-order chi connectivity index (χ0) is 15.1. The van der Waals surface area contributed by atoms with Crippen LogP contribution in [0.25, 0.3) is 0 Å². The molecular weight excluding hydrogens is 331 g/mol. The Morgan fingerprint density at radius 3 is 1.23 bits per heavy atom. The zero-order valence-corrected chi connectivity index (χ0v) is 14.5. The Morgan fingerprint density at radius 1 is 0.591 bits per heavy atom. The van der Waals surface area contributed by atoms with Crippen LogP contribution in [0.2, 0.25) is 0 Å². The normalized spacial score (nSPS) is 9.27. The molecule has 10 heteroatoms. The minimum atomic E-state index is 0. The van der Waals surface area contributed by atoms with Crippen LogP contribution < -0.4 is 22.9 Å². The predicted molar refractivity (Wildman–Crippen MR) is 96.0 cm³/mol. The lowest BCUT2D eigenvalue weighted by molar-refractivity contribution is 0.102. The summed E-state index contributed by atoms with van der Waals surface area (Å²) in [4.78, 5) is 7.73. The number of nitrogens with two attached hydrogens (primary N) is 4. The Bertz CT molecular complexity index is 257. The minimum Gasteiger partial charge on any atom is -0.381 e. The van der Waals surface area contributed by atoms with Gasteiger partial charge < -0.3 is 32.4 Å². The van der Waals surface area contributed by atoms with Crippen molar-refractivity contribution in [2.75, 3.05) is 39.5 Å². The van der Waals surface area contributed by atoms with Gasteiger partial charge in [0.1, 0.15) is 0 Å². The molecule has 0 aromatic rings. The predicted octanol–water partition coefficient (Wildman–Crippen LogP) is -0.0296. The van der Waals surface area contributed by atoms with Gasteiger partial charge in [0.15, 0.2) is 11.9 Å². The van der Waals surface area contributed by atoms with E-state index in [0.717, 1.165) is 38.9 Å². The van der Waals surface area contributed by atoms with Crippen LogP contribution in [0.1, 0.15) is 25.7 Å². The Labute approximate surface area is 144 Å². The Kier molecular flexibility index (Phi) is 23.7. The van der Waals surface area contributed by atoms with Gasteiger partial charge in [0.05, 0.1) is 0 Å². The number of aliphatic imine (C=N–C) groups is 2. The molecule has 8 N–H and O–H groups in total. The van der Waals surface area contributed by atoms with Crippen LogP contribution in [0.5, 0.6) is 0 Å². The van der Waals surface area contributed by atoms with Crippen molar-refractivity contribution in [3.8, 4) is 0 Å². The van der Waals surface area contributed by atoms with E-state index in [2.05, 4.69) is 9.98 Å². The summed E-state index contributed by atoms with van der Waals surface area (Å²) in [5.74, 6) is 0.254. The molecule has 0 aliphatic heterocycles. The molecule has 8 nitrogen and oxygen atoms in total. The van der Waals surface area contributed by atoms with E-state index in [1.165, 1.54) is 0 Å². The standard InChI is InChI=1S/C12H28N6O2.2ClH/c13-11(14)17-5-3-9-19-7-1-2-8-20-10-4-6-18-12(15)16;;/h1-10H2,(H4,13,14,17)(H4,15,16,18);2*1H. The van der Waals surface area contributed by atoms with Gasteiger partial charge >= 0.3 is 0 Å². The lowest BCUT2D eigenvalue weighted by atomic mass is 10.3. The van der Waals surface area contributed by atoms with E-state index >= 15 is 0 Å². The third-order valence-electron chi connectivity index (χ3n) is 2.31. The lowest BCUT2D eigenvalue weighted by Gasteiger charge is -2.04. The third-order valence-corrected chi connectivity index (χ3v) is 2.31. The molecule has 0 amide bonds. The van der Waals surface area contributed by atoms with Crippen molar-refractivity contribution in [2.45, 2.75) is 25.7 Å². The van der Waals surface area contributed by atoms with Crippen LogP contribution in [0.15, 0.2) is 9.98 Å². The first-order chi connectivity index (χ1) is 9.63. The molecule has 0 saturated carbocycles. The molecule has 0 bridgehead atoms. The fraction of sp³-hybridized carbons (Fsp3) is 0.833. The van der Waals surface area contributed by atoms with Crippen molar-refractivity contribution in [3.05, 3.63) is 0 Å². The number of nitrogens with zero attached hydrogens (tertiary/aromatic N) is 2. The van der Waals surface area contributed by atoms with Crippen molar-refractivity contribution >= 4 is 36.7 Å². The highest BCUT2D eigenvalue weighted by molar-refractivity contribution is 5.85. The van der Waals surface area contributed by atoms with Gasteiger partial charge in [0.25, 0.3) is 0 Å². The van der Waals surface area contributed by atoms with Crippen molar-refractivity contribution in [3.63, 3.8) is 0 Å². The summed E-state index contributed by atoms with van der Waals surface area (Å²) >= 11 is 0. The van der Waals surface area contributed by atoms with Gasteiger partial charge in [-0.25, -0.2) is 0 Å². The largest absolute Gasteiger partial charge is 0.381 e. The van der Waals surface area contributed by atoms with Crippen LogP contribution in [0, 0.1) is 0 Å². The topological polar surface area (TPSA) is 147 Å². The molecule has 0 atom stereocenters. The molecule has 0 saturated heterocycles. The molecule has 0 radical (unpaired) electrons. The van der Waals surface area contributed by atoms with Gasteiger partial charge in [-0.1, -0.05) is 0 Å². The first-order valence-electron chi connectivity index (χ1n) is 6.89. The average molecular weight is 361 g/mol. The maximum Gasteiger partial charge on any atom is 0.185 e. The summed E-state index contributed by atoms with van der Waals surface area (Å²) in [6.07, 6.45) is 3.63. The number of halogens is 2. The number of ether oxygens (including phenoxy) is 2. The molecule has 134 valence electrons. The van der Waals surface area contributed by atoms with E-state index in [1.54, 1.807) is 0 Å². The fourth-order valence-corrected chi connectivity index (χ4v) is 1.36. The first kappa shape index (κ1) is 26.0. The van der Waals surface area contributed by atoms with Crippen LogP contribution in [-0.4, -0.2) is 51.4 Å². The molecule has 0 fully saturated rings. The van der Waals surface area contributed by atoms with Crippen molar-refractivity contribution in [2.24, 2.45) is 32.9 Å². The minimum absolute atomic E-state index is 0. The second kappa shape index (κ2) is 20.0. The summed E-state index contributed by atoms with van der Waals surface area (Å²) in [5, 5.41) is 0. The fourth-order valence-electron chi connectivity index (χ4n) is 1.36. The van der Waals surface area contributed by atoms with E-state index in [-0.39, 0.29) is 36.7 Å². The summed E-state index contributed by atoms with van der Waals surface area (Å²) in [7, 11) is 0. The van der Waals surface area contributed by atoms with Crippen molar-refractivity contribution < 1.29 is 9.47 Å². The Hall–Kier alpha value is -0.960. The third kappa shape index (κ3) is 24.1. The maximum atomic E-state index is 5.43. The van der Waals surface area contributed by atoms with E-state index in [9.17, 15) is 0 Å². The van der Waals surface area contributed by atoms with Gasteiger partial charge in [-0.15, -0.1) is 24.8 Å². The van der Waals surface area contributed by atoms with Gasteiger partial charge in [-0.2, -0.15) is 0 Å². The maximum absolute atomic E-state index is 5.43. The summed E-state index contributed by atoms with van der Waals surface area (Å²) in [6, 6.07) is 0. The van der Waals surface area contributed by atoms with E-state index in [4.69, 9.17) is 32.4 Å². The number of hydrogen-bond acceptors (Lipinski definition) is 4. The number of hydrogen-bond donors (Lipinski definition) is 4. The highest BCUT2D eigenvalue weighted by Gasteiger charge is 1.92. The SMILES string of the molecule is Cl.Cl.NC(N)=NCCCOCCCCOCCCN=C(N)N. The van der Waals surface area contributed by atoms with Gasteiger partial charge in [0, 0.05) is 39.5 Å². The average Bonchev–Trinajstić information content (AvgIpc) is 2.38. The van der Waals surface area contributed by atoms with Crippen molar-refractivity contribution in [1.82, 2.24) is 0 Å². The molecule has 0 unspecified atom stereocenters. The first-order valence-corrected chi connectivity index (χ1v) is 6.89. The van der Waals surface area contributed by atoms with Crippen LogP contribution in [0.4, 0.5) is 0 Å². The van der Waals surface area contributed by atoms with Crippen LogP contribution in [0.3, 0.4) is 0 Å². The summed E-state index contributed by atoms with van der Waals surface area (Å²) < 4.78 is 10.9. The number of rotatable bonds is 13. The molecule has 0 aromatic heterocycles. The molecule has 0 aliphatic rings. The highest BCUT2D eigenvalue weighted by Crippen LogP contribution is 1.94. The van der Waals surface area contributed by atoms with E-state index in [0.29, 0.717) is 26.3 Å². The lowest BCUT2D eigenvalue weighted by Crippen LogP contribution is -2.23. The molecule has 0 spiro atoms. The quantitative estimate of drug-likeness (QED) is 0.206. The second-order valence-electron chi connectivity index (χ2n) is 4.25. The molecule has 0 aromatic carbocycles. The highest BCUT2D eigenvalue weighted by atomic mass is 35.5.